The van der Waals surface area contributed by atoms with E-state index >= 15 is 0 Å². The van der Waals surface area contributed by atoms with Crippen LogP contribution in [0, 0.1) is 0 Å². The first kappa shape index (κ1) is 20.9. The van der Waals surface area contributed by atoms with E-state index in [1.165, 1.54) is 4.88 Å². The Morgan fingerprint density at radius 1 is 1.36 bits per heavy atom. The van der Waals surface area contributed by atoms with Crippen molar-refractivity contribution in [3.05, 3.63) is 22.4 Å². The molecule has 3 rings (SSSR count). The third-order valence-corrected chi connectivity index (χ3v) is 5.54. The predicted octanol–water partition coefficient (Wildman–Crippen LogP) is 2.08. The van der Waals surface area contributed by atoms with Crippen molar-refractivity contribution in [2.24, 2.45) is 4.99 Å². The van der Waals surface area contributed by atoms with E-state index in [4.69, 9.17) is 9.47 Å². The maximum Gasteiger partial charge on any atom is 0.191 e. The predicted molar refractivity (Wildman–Crippen MR) is 113 cm³/mol. The molecule has 0 radical (unpaired) electrons. The summed E-state index contributed by atoms with van der Waals surface area (Å²) < 4.78 is 11.2. The fourth-order valence-corrected chi connectivity index (χ4v) is 4.07. The molecule has 25 heavy (non-hydrogen) atoms. The maximum atomic E-state index is 5.66. The molecule has 2 saturated heterocycles. The van der Waals surface area contributed by atoms with Crippen LogP contribution < -0.4 is 10.6 Å². The van der Waals surface area contributed by atoms with Crippen LogP contribution in [0.5, 0.6) is 0 Å². The number of thiophene rings is 1. The number of rotatable bonds is 6. The van der Waals surface area contributed by atoms with E-state index < -0.39 is 0 Å². The first-order valence-corrected chi connectivity index (χ1v) is 9.66. The minimum atomic E-state index is 0. The van der Waals surface area contributed by atoms with E-state index in [1.807, 2.05) is 18.4 Å². The topological polar surface area (TPSA) is 58.1 Å². The number of hydrogen-bond donors (Lipinski definition) is 2. The van der Waals surface area contributed by atoms with Gasteiger partial charge in [0, 0.05) is 44.7 Å². The van der Waals surface area contributed by atoms with Crippen LogP contribution in [0.3, 0.4) is 0 Å². The van der Waals surface area contributed by atoms with Crippen molar-refractivity contribution in [1.82, 2.24) is 15.5 Å². The molecule has 142 valence electrons. The average molecular weight is 480 g/mol. The molecule has 0 amide bonds. The molecule has 0 aromatic carbocycles. The Morgan fingerprint density at radius 3 is 2.84 bits per heavy atom. The smallest absolute Gasteiger partial charge is 0.191 e. The number of halogens is 1. The van der Waals surface area contributed by atoms with Crippen molar-refractivity contribution in [3.8, 4) is 0 Å². The first-order valence-electron chi connectivity index (χ1n) is 8.78. The van der Waals surface area contributed by atoms with Crippen LogP contribution in [0.1, 0.15) is 23.8 Å². The fraction of sp³-hybridized carbons (Fsp3) is 0.706. The Hall–Kier alpha value is -0.420. The van der Waals surface area contributed by atoms with Gasteiger partial charge < -0.3 is 20.1 Å². The molecule has 0 saturated carbocycles. The molecule has 3 heterocycles. The summed E-state index contributed by atoms with van der Waals surface area (Å²) in [6.45, 7) is 6.13. The second kappa shape index (κ2) is 11.3. The summed E-state index contributed by atoms with van der Waals surface area (Å²) in [4.78, 5) is 8.23. The van der Waals surface area contributed by atoms with Gasteiger partial charge in [0.25, 0.3) is 0 Å². The molecule has 6 nitrogen and oxygen atoms in total. The molecule has 2 aliphatic rings. The minimum absolute atomic E-state index is 0. The van der Waals surface area contributed by atoms with Gasteiger partial charge in [0.1, 0.15) is 0 Å². The van der Waals surface area contributed by atoms with E-state index in [1.54, 1.807) is 0 Å². The molecular formula is C17H29IN4O2S. The Labute approximate surface area is 171 Å². The van der Waals surface area contributed by atoms with Crippen LogP contribution in [0.4, 0.5) is 0 Å². The lowest BCUT2D eigenvalue weighted by Gasteiger charge is -2.34. The Morgan fingerprint density at radius 2 is 2.20 bits per heavy atom. The third-order valence-electron chi connectivity index (χ3n) is 4.57. The van der Waals surface area contributed by atoms with E-state index in [0.717, 1.165) is 64.8 Å². The molecule has 0 spiro atoms. The molecule has 2 unspecified atom stereocenters. The summed E-state index contributed by atoms with van der Waals surface area (Å²) in [7, 11) is 1.82. The maximum absolute atomic E-state index is 5.66. The largest absolute Gasteiger partial charge is 0.379 e. The van der Waals surface area contributed by atoms with E-state index in [0.29, 0.717) is 12.1 Å². The monoisotopic (exact) mass is 480 g/mol. The molecule has 0 aliphatic carbocycles. The van der Waals surface area contributed by atoms with Crippen molar-refractivity contribution in [2.75, 3.05) is 53.0 Å². The van der Waals surface area contributed by atoms with Crippen molar-refractivity contribution in [3.63, 3.8) is 0 Å². The molecule has 1 aromatic rings. The zero-order valence-corrected chi connectivity index (χ0v) is 17.9. The lowest BCUT2D eigenvalue weighted by Crippen LogP contribution is -2.47. The van der Waals surface area contributed by atoms with Gasteiger partial charge in [-0.25, -0.2) is 0 Å². The standard InChI is InChI=1S/C17H28N4O2S.HI/c1-18-17(19-12-14-4-2-8-23-14)20-13-15(16-5-3-11-24-16)21-6-9-22-10-7-21;/h3,5,11,14-15H,2,4,6-10,12-13H2,1H3,(H2,18,19,20);1H. The number of ether oxygens (including phenoxy) is 2. The van der Waals surface area contributed by atoms with Crippen LogP contribution in [-0.2, 0) is 9.47 Å². The second-order valence-corrected chi connectivity index (χ2v) is 7.13. The molecule has 1 aromatic heterocycles. The highest BCUT2D eigenvalue weighted by Gasteiger charge is 2.24. The average Bonchev–Trinajstić information content (AvgIpc) is 3.32. The van der Waals surface area contributed by atoms with Gasteiger partial charge >= 0.3 is 0 Å². The highest BCUT2D eigenvalue weighted by molar-refractivity contribution is 14.0. The summed E-state index contributed by atoms with van der Waals surface area (Å²) >= 11 is 1.81. The van der Waals surface area contributed by atoms with E-state index in [-0.39, 0.29) is 24.0 Å². The highest BCUT2D eigenvalue weighted by atomic mass is 127. The summed E-state index contributed by atoms with van der Waals surface area (Å²) in [6.07, 6.45) is 2.61. The Balaban J connectivity index is 0.00000225. The summed E-state index contributed by atoms with van der Waals surface area (Å²) in [5, 5.41) is 9.02. The van der Waals surface area contributed by atoms with Gasteiger partial charge in [-0.1, -0.05) is 6.07 Å². The lowest BCUT2D eigenvalue weighted by atomic mass is 10.2. The van der Waals surface area contributed by atoms with Gasteiger partial charge in [0.05, 0.1) is 25.4 Å². The van der Waals surface area contributed by atoms with E-state index in [9.17, 15) is 0 Å². The van der Waals surface area contributed by atoms with E-state index in [2.05, 4.69) is 38.0 Å². The molecule has 8 heteroatoms. The van der Waals surface area contributed by atoms with Crippen LogP contribution in [-0.4, -0.2) is 70.0 Å². The van der Waals surface area contributed by atoms with Crippen molar-refractivity contribution in [1.29, 1.82) is 0 Å². The summed E-state index contributed by atoms with van der Waals surface area (Å²) in [6, 6.07) is 4.70. The Kier molecular flexibility index (Phi) is 9.46. The molecule has 2 atom stereocenters. The number of hydrogen-bond acceptors (Lipinski definition) is 5. The quantitative estimate of drug-likeness (QED) is 0.371. The SMILES string of the molecule is CN=C(NCC1CCCO1)NCC(c1cccs1)N1CCOCC1.I. The van der Waals surface area contributed by atoms with Crippen LogP contribution >= 0.6 is 35.3 Å². The van der Waals surface area contributed by atoms with Crippen LogP contribution in [0.2, 0.25) is 0 Å². The third kappa shape index (κ3) is 6.35. The van der Waals surface area contributed by atoms with Crippen LogP contribution in [0.25, 0.3) is 0 Å². The fourth-order valence-electron chi connectivity index (χ4n) is 3.21. The number of nitrogens with zero attached hydrogens (tertiary/aromatic N) is 2. The van der Waals surface area contributed by atoms with Gasteiger partial charge in [0.15, 0.2) is 5.96 Å². The van der Waals surface area contributed by atoms with Gasteiger partial charge in [-0.05, 0) is 24.3 Å². The number of nitrogens with one attached hydrogen (secondary N) is 2. The Bertz CT molecular complexity index is 503. The number of morpholine rings is 1. The molecule has 2 N–H and O–H groups in total. The van der Waals surface area contributed by atoms with Gasteiger partial charge in [-0.2, -0.15) is 0 Å². The highest BCUT2D eigenvalue weighted by Crippen LogP contribution is 2.25. The van der Waals surface area contributed by atoms with Gasteiger partial charge in [-0.15, -0.1) is 35.3 Å². The molecular weight excluding hydrogens is 451 g/mol. The van der Waals surface area contributed by atoms with Crippen LogP contribution in [0.15, 0.2) is 22.5 Å². The molecule has 0 bridgehead atoms. The summed E-state index contributed by atoms with van der Waals surface area (Å²) in [5.74, 6) is 0.848. The van der Waals surface area contributed by atoms with Gasteiger partial charge in [-0.3, -0.25) is 9.89 Å². The zero-order valence-electron chi connectivity index (χ0n) is 14.8. The first-order chi connectivity index (χ1) is 11.9. The second-order valence-electron chi connectivity index (χ2n) is 6.15. The van der Waals surface area contributed by atoms with Crippen molar-refractivity contribution >= 4 is 41.3 Å². The minimum Gasteiger partial charge on any atom is -0.379 e. The lowest BCUT2D eigenvalue weighted by molar-refractivity contribution is 0.0177. The zero-order chi connectivity index (χ0) is 16.6. The van der Waals surface area contributed by atoms with Gasteiger partial charge in [0.2, 0.25) is 0 Å². The normalized spacial score (nSPS) is 23.1. The van der Waals surface area contributed by atoms with Crippen molar-refractivity contribution in [2.45, 2.75) is 25.0 Å². The number of aliphatic imine (C=N–C) groups is 1. The van der Waals surface area contributed by atoms with Crippen molar-refractivity contribution < 1.29 is 9.47 Å². The number of guanidine groups is 1. The summed E-state index contributed by atoms with van der Waals surface area (Å²) in [5.41, 5.74) is 0. The molecule has 2 aliphatic heterocycles. The molecule has 2 fully saturated rings.